The van der Waals surface area contributed by atoms with Crippen LogP contribution in [0.2, 0.25) is 0 Å². The summed E-state index contributed by atoms with van der Waals surface area (Å²) >= 11 is 0. The van der Waals surface area contributed by atoms with E-state index in [1.807, 2.05) is 24.3 Å². The molecule has 0 aliphatic heterocycles. The third kappa shape index (κ3) is 8.09. The van der Waals surface area contributed by atoms with Crippen LogP contribution in [0.4, 0.5) is 0 Å². The summed E-state index contributed by atoms with van der Waals surface area (Å²) in [5.41, 5.74) is 10.4. The molecule has 0 aliphatic rings. The van der Waals surface area contributed by atoms with Gasteiger partial charge in [-0.2, -0.15) is 0 Å². The molecule has 6 rings (SSSR count). The van der Waals surface area contributed by atoms with Crippen molar-refractivity contribution in [2.24, 2.45) is 0 Å². The lowest BCUT2D eigenvalue weighted by Crippen LogP contribution is -2.07. The van der Waals surface area contributed by atoms with Crippen molar-refractivity contribution in [2.75, 3.05) is 0 Å². The molecule has 0 aromatic heterocycles. The summed E-state index contributed by atoms with van der Waals surface area (Å²) in [6.45, 7) is 4.33. The molecule has 6 aromatic carbocycles. The smallest absolute Gasteiger partial charge is 0.00741 e. The van der Waals surface area contributed by atoms with Crippen LogP contribution in [0.15, 0.2) is 158 Å². The van der Waals surface area contributed by atoms with E-state index >= 15 is 0 Å². The topological polar surface area (TPSA) is 0 Å². The Morgan fingerprint density at radius 3 is 0.775 bits per heavy atom. The van der Waals surface area contributed by atoms with Crippen molar-refractivity contribution in [1.29, 1.82) is 0 Å². The largest absolute Gasteiger partial charge is 0.105 e. The molecule has 198 valence electrons. The van der Waals surface area contributed by atoms with Gasteiger partial charge in [0.15, 0.2) is 0 Å². The van der Waals surface area contributed by atoms with Gasteiger partial charge in [-0.15, -0.1) is 18.5 Å². The highest BCUT2D eigenvalue weighted by atomic mass is 31.0. The Bertz CT molecular complexity index is 1350. The molecule has 0 amide bonds. The van der Waals surface area contributed by atoms with E-state index in [-0.39, 0.29) is 0 Å². The second-order valence-corrected chi connectivity index (χ2v) is 10.8. The molecule has 2 unspecified atom stereocenters. The predicted molar refractivity (Wildman–Crippen MR) is 184 cm³/mol. The van der Waals surface area contributed by atoms with Crippen LogP contribution in [0.25, 0.3) is 33.4 Å². The summed E-state index contributed by atoms with van der Waals surface area (Å²) < 4.78 is 0. The fraction of sp³-hybridized carbons (Fsp3) is 0.0526. The summed E-state index contributed by atoms with van der Waals surface area (Å²) in [4.78, 5) is 0. The minimum absolute atomic E-state index is 1.26. The second kappa shape index (κ2) is 15.1. The summed E-state index contributed by atoms with van der Waals surface area (Å²) in [5, 5.41) is 2.52. The Hall–Kier alpha value is -3.82. The first kappa shape index (κ1) is 29.2. The molecule has 0 aliphatic carbocycles. The van der Waals surface area contributed by atoms with Crippen molar-refractivity contribution in [3.8, 4) is 33.4 Å². The zero-order valence-corrected chi connectivity index (χ0v) is 25.5. The lowest BCUT2D eigenvalue weighted by atomic mass is 9.96. The van der Waals surface area contributed by atoms with E-state index in [1.165, 1.54) is 55.1 Å². The first-order valence-electron chi connectivity index (χ1n) is 13.5. The van der Waals surface area contributed by atoms with Gasteiger partial charge in [-0.1, -0.05) is 158 Å². The van der Waals surface area contributed by atoms with E-state index in [9.17, 15) is 0 Å². The predicted octanol–water partition coefficient (Wildman–Crippen LogP) is 9.68. The highest BCUT2D eigenvalue weighted by Crippen LogP contribution is 2.26. The van der Waals surface area contributed by atoms with Gasteiger partial charge in [-0.05, 0) is 69.0 Å². The van der Waals surface area contributed by atoms with Crippen LogP contribution in [0.5, 0.6) is 0 Å². The molecule has 0 heterocycles. The third-order valence-corrected chi connectivity index (χ3v) is 7.58. The summed E-state index contributed by atoms with van der Waals surface area (Å²) in [6, 6.07) is 54.4. The summed E-state index contributed by atoms with van der Waals surface area (Å²) in [5.74, 6) is 0. The Morgan fingerprint density at radius 2 is 0.550 bits per heavy atom. The van der Waals surface area contributed by atoms with Crippen LogP contribution >= 0.6 is 18.5 Å². The SMILES string of the molecule is Cc1cccc(P)c1-c1c(C)cccc1P.c1ccc(-c2ccccc2)cc1.c1ccc(-c2ccccc2)cc1. The Kier molecular flexibility index (Phi) is 11.0. The fourth-order valence-electron chi connectivity index (χ4n) is 4.59. The second-order valence-electron chi connectivity index (χ2n) is 9.54. The van der Waals surface area contributed by atoms with Crippen molar-refractivity contribution in [2.45, 2.75) is 13.8 Å². The van der Waals surface area contributed by atoms with Gasteiger partial charge in [-0.3, -0.25) is 0 Å². The quantitative estimate of drug-likeness (QED) is 0.191. The van der Waals surface area contributed by atoms with Gasteiger partial charge in [0.1, 0.15) is 0 Å². The van der Waals surface area contributed by atoms with Gasteiger partial charge >= 0.3 is 0 Å². The molecule has 0 fully saturated rings. The minimum Gasteiger partial charge on any atom is -0.105 e. The van der Waals surface area contributed by atoms with E-state index in [4.69, 9.17) is 0 Å². The molecule has 0 radical (unpaired) electrons. The first-order valence-corrected chi connectivity index (χ1v) is 14.6. The zero-order valence-electron chi connectivity index (χ0n) is 23.2. The van der Waals surface area contributed by atoms with E-state index in [0.29, 0.717) is 0 Å². The minimum atomic E-state index is 1.26. The maximum atomic E-state index is 2.83. The average Bonchev–Trinajstić information content (AvgIpc) is 3.01. The monoisotopic (exact) mass is 554 g/mol. The molecular formula is C38H36P2. The Labute approximate surface area is 244 Å². The number of aryl methyl sites for hydroxylation is 2. The average molecular weight is 555 g/mol. The van der Waals surface area contributed by atoms with E-state index in [2.05, 4.69) is 166 Å². The molecule has 0 N–H and O–H groups in total. The highest BCUT2D eigenvalue weighted by Gasteiger charge is 2.10. The molecule has 2 heteroatoms. The highest BCUT2D eigenvalue weighted by molar-refractivity contribution is 7.29. The number of hydrogen-bond acceptors (Lipinski definition) is 0. The molecule has 0 saturated heterocycles. The van der Waals surface area contributed by atoms with Crippen molar-refractivity contribution < 1.29 is 0 Å². The molecule has 6 aromatic rings. The van der Waals surface area contributed by atoms with Crippen molar-refractivity contribution >= 4 is 29.1 Å². The number of benzene rings is 6. The Morgan fingerprint density at radius 1 is 0.300 bits per heavy atom. The van der Waals surface area contributed by atoms with E-state index < -0.39 is 0 Å². The van der Waals surface area contributed by atoms with Crippen LogP contribution in [0.3, 0.4) is 0 Å². The first-order chi connectivity index (χ1) is 19.5. The van der Waals surface area contributed by atoms with Gasteiger partial charge < -0.3 is 0 Å². The van der Waals surface area contributed by atoms with Gasteiger partial charge in [0.2, 0.25) is 0 Å². The van der Waals surface area contributed by atoms with E-state index in [0.717, 1.165) is 0 Å². The summed E-state index contributed by atoms with van der Waals surface area (Å²) in [7, 11) is 5.66. The van der Waals surface area contributed by atoms with Crippen molar-refractivity contribution in [3.05, 3.63) is 169 Å². The molecule has 0 bridgehead atoms. The van der Waals surface area contributed by atoms with Crippen LogP contribution in [-0.4, -0.2) is 0 Å². The van der Waals surface area contributed by atoms with Gasteiger partial charge in [0.25, 0.3) is 0 Å². The van der Waals surface area contributed by atoms with Gasteiger partial charge in [0, 0.05) is 0 Å². The lowest BCUT2D eigenvalue weighted by Gasteiger charge is -2.14. The normalized spacial score (nSPS) is 10.0. The summed E-state index contributed by atoms with van der Waals surface area (Å²) in [6.07, 6.45) is 0. The van der Waals surface area contributed by atoms with Gasteiger partial charge in [0.05, 0.1) is 0 Å². The standard InChI is InChI=1S/C14H16P2.2C12H10/c1-9-5-3-7-11(15)13(9)14-10(2)6-4-8-12(14)16;2*1-3-7-11(8-4-1)12-9-5-2-6-10-12/h3-8H,15-16H2,1-2H3;2*1-10H. The van der Waals surface area contributed by atoms with Crippen molar-refractivity contribution in [3.63, 3.8) is 0 Å². The van der Waals surface area contributed by atoms with Crippen molar-refractivity contribution in [1.82, 2.24) is 0 Å². The molecule has 0 saturated carbocycles. The molecular weight excluding hydrogens is 518 g/mol. The zero-order chi connectivity index (χ0) is 28.2. The number of hydrogen-bond donors (Lipinski definition) is 0. The maximum Gasteiger partial charge on any atom is -0.00741 e. The Balaban J connectivity index is 0.000000141. The molecule has 40 heavy (non-hydrogen) atoms. The number of rotatable bonds is 3. The fourth-order valence-corrected chi connectivity index (χ4v) is 5.55. The molecule has 0 nitrogen and oxygen atoms in total. The van der Waals surface area contributed by atoms with E-state index in [1.54, 1.807) is 0 Å². The lowest BCUT2D eigenvalue weighted by molar-refractivity contribution is 1.44. The molecule has 2 atom stereocenters. The molecule has 0 spiro atoms. The maximum absolute atomic E-state index is 2.83. The van der Waals surface area contributed by atoms with Crippen LogP contribution < -0.4 is 10.6 Å². The van der Waals surface area contributed by atoms with Crippen LogP contribution in [0.1, 0.15) is 11.1 Å². The van der Waals surface area contributed by atoms with Crippen LogP contribution in [-0.2, 0) is 0 Å². The van der Waals surface area contributed by atoms with Gasteiger partial charge in [-0.25, -0.2) is 0 Å². The van der Waals surface area contributed by atoms with Crippen LogP contribution in [0, 0.1) is 13.8 Å². The third-order valence-electron chi connectivity index (χ3n) is 6.62.